The van der Waals surface area contributed by atoms with Gasteiger partial charge >= 0.3 is 0 Å². The largest absolute Gasteiger partial charge is 0.298 e. The predicted octanol–water partition coefficient (Wildman–Crippen LogP) is 2.25. The molecule has 0 amide bonds. The maximum atomic E-state index is 11.0. The van der Waals surface area contributed by atoms with Crippen LogP contribution in [-0.2, 0) is 0 Å². The van der Waals surface area contributed by atoms with Gasteiger partial charge in [0.1, 0.15) is 5.15 Å². The molecular weight excluding hydrogens is 240 g/mol. The minimum absolute atomic E-state index is 0.116. The molecule has 0 saturated heterocycles. The summed E-state index contributed by atoms with van der Waals surface area (Å²) in [7, 11) is 0. The Morgan fingerprint density at radius 2 is 2.24 bits per heavy atom. The maximum Gasteiger partial charge on any atom is 0.177 e. The SMILES string of the molecule is CC(C)c1nn(-c2cccnn2)c(Cl)c1C=O. The van der Waals surface area contributed by atoms with E-state index in [-0.39, 0.29) is 11.1 Å². The highest BCUT2D eigenvalue weighted by Crippen LogP contribution is 2.25. The third kappa shape index (κ3) is 2.06. The number of aldehydes is 1. The molecule has 0 atom stereocenters. The number of halogens is 1. The maximum absolute atomic E-state index is 11.0. The molecule has 88 valence electrons. The van der Waals surface area contributed by atoms with E-state index in [1.807, 2.05) is 13.8 Å². The number of hydrogen-bond acceptors (Lipinski definition) is 4. The van der Waals surface area contributed by atoms with Crippen LogP contribution in [0.15, 0.2) is 18.3 Å². The standard InChI is InChI=1S/C11H11ClN4O/c1-7(2)10-8(6-17)11(12)16(15-10)9-4-3-5-13-14-9/h3-7H,1-2H3. The summed E-state index contributed by atoms with van der Waals surface area (Å²) in [5.41, 5.74) is 1.07. The summed E-state index contributed by atoms with van der Waals surface area (Å²) in [4.78, 5) is 11.0. The fraction of sp³-hybridized carbons (Fsp3) is 0.273. The summed E-state index contributed by atoms with van der Waals surface area (Å²) >= 11 is 6.11. The van der Waals surface area contributed by atoms with Gasteiger partial charge in [-0.2, -0.15) is 10.2 Å². The molecular formula is C11H11ClN4O. The normalized spacial score (nSPS) is 10.8. The molecule has 5 nitrogen and oxygen atoms in total. The Hall–Kier alpha value is -1.75. The van der Waals surface area contributed by atoms with E-state index in [9.17, 15) is 4.79 Å². The van der Waals surface area contributed by atoms with Crippen LogP contribution < -0.4 is 0 Å². The van der Waals surface area contributed by atoms with Crippen molar-refractivity contribution in [2.75, 3.05) is 0 Å². The Labute approximate surface area is 103 Å². The van der Waals surface area contributed by atoms with Crippen molar-refractivity contribution in [2.24, 2.45) is 0 Å². The molecule has 0 saturated carbocycles. The quantitative estimate of drug-likeness (QED) is 0.784. The van der Waals surface area contributed by atoms with Crippen molar-refractivity contribution in [2.45, 2.75) is 19.8 Å². The van der Waals surface area contributed by atoms with E-state index in [0.29, 0.717) is 17.1 Å². The summed E-state index contributed by atoms with van der Waals surface area (Å²) in [5.74, 6) is 0.609. The third-order valence-electron chi connectivity index (χ3n) is 2.33. The monoisotopic (exact) mass is 250 g/mol. The second kappa shape index (κ2) is 4.63. The van der Waals surface area contributed by atoms with Crippen LogP contribution in [0.2, 0.25) is 5.15 Å². The molecule has 0 bridgehead atoms. The zero-order valence-corrected chi connectivity index (χ0v) is 10.2. The van der Waals surface area contributed by atoms with Crippen LogP contribution in [-0.4, -0.2) is 26.3 Å². The molecule has 2 heterocycles. The highest BCUT2D eigenvalue weighted by molar-refractivity contribution is 6.32. The smallest absolute Gasteiger partial charge is 0.177 e. The van der Waals surface area contributed by atoms with Crippen molar-refractivity contribution in [3.8, 4) is 5.82 Å². The fourth-order valence-electron chi connectivity index (χ4n) is 1.52. The Morgan fingerprint density at radius 1 is 1.47 bits per heavy atom. The summed E-state index contributed by atoms with van der Waals surface area (Å²) < 4.78 is 1.42. The predicted molar refractivity (Wildman–Crippen MR) is 63.6 cm³/mol. The van der Waals surface area contributed by atoms with Crippen molar-refractivity contribution < 1.29 is 4.79 Å². The van der Waals surface area contributed by atoms with Crippen LogP contribution in [0.5, 0.6) is 0 Å². The van der Waals surface area contributed by atoms with Gasteiger partial charge in [0.2, 0.25) is 0 Å². The zero-order chi connectivity index (χ0) is 12.4. The van der Waals surface area contributed by atoms with Crippen molar-refractivity contribution in [1.82, 2.24) is 20.0 Å². The van der Waals surface area contributed by atoms with Gasteiger partial charge in [0.25, 0.3) is 0 Å². The molecule has 0 N–H and O–H groups in total. The highest BCUT2D eigenvalue weighted by atomic mass is 35.5. The first-order chi connectivity index (χ1) is 8.15. The molecule has 0 spiro atoms. The van der Waals surface area contributed by atoms with Gasteiger partial charge in [-0.25, -0.2) is 4.68 Å². The first kappa shape index (κ1) is 11.7. The summed E-state index contributed by atoms with van der Waals surface area (Å²) in [6, 6.07) is 3.46. The van der Waals surface area contributed by atoms with Gasteiger partial charge in [0.05, 0.1) is 11.3 Å². The van der Waals surface area contributed by atoms with E-state index in [1.165, 1.54) is 4.68 Å². The Kier molecular flexibility index (Phi) is 3.19. The van der Waals surface area contributed by atoms with Crippen LogP contribution >= 0.6 is 11.6 Å². The zero-order valence-electron chi connectivity index (χ0n) is 9.46. The van der Waals surface area contributed by atoms with Crippen molar-refractivity contribution in [3.05, 3.63) is 34.7 Å². The topological polar surface area (TPSA) is 60.7 Å². The van der Waals surface area contributed by atoms with E-state index in [2.05, 4.69) is 15.3 Å². The summed E-state index contributed by atoms with van der Waals surface area (Å²) in [6.07, 6.45) is 2.28. The van der Waals surface area contributed by atoms with Gasteiger partial charge in [-0.05, 0) is 18.1 Å². The molecule has 17 heavy (non-hydrogen) atoms. The summed E-state index contributed by atoms with van der Waals surface area (Å²) in [6.45, 7) is 3.90. The Morgan fingerprint density at radius 3 is 2.71 bits per heavy atom. The van der Waals surface area contributed by atoms with E-state index < -0.39 is 0 Å². The second-order valence-corrected chi connectivity index (χ2v) is 4.21. The molecule has 2 aromatic heterocycles. The van der Waals surface area contributed by atoms with Crippen LogP contribution in [0.3, 0.4) is 0 Å². The van der Waals surface area contributed by atoms with Gasteiger partial charge in [-0.3, -0.25) is 4.79 Å². The van der Waals surface area contributed by atoms with Crippen LogP contribution in [0.4, 0.5) is 0 Å². The fourth-order valence-corrected chi connectivity index (χ4v) is 1.78. The van der Waals surface area contributed by atoms with Gasteiger partial charge in [0.15, 0.2) is 12.1 Å². The van der Waals surface area contributed by atoms with Gasteiger partial charge in [-0.15, -0.1) is 5.10 Å². The van der Waals surface area contributed by atoms with Gasteiger partial charge in [0, 0.05) is 6.20 Å². The lowest BCUT2D eigenvalue weighted by Crippen LogP contribution is -2.01. The lowest BCUT2D eigenvalue weighted by atomic mass is 10.1. The van der Waals surface area contributed by atoms with Crippen LogP contribution in [0, 0.1) is 0 Å². The number of carbonyl (C=O) groups is 1. The number of carbonyl (C=O) groups excluding carboxylic acids is 1. The molecule has 0 unspecified atom stereocenters. The lowest BCUT2D eigenvalue weighted by Gasteiger charge is -2.00. The van der Waals surface area contributed by atoms with Crippen molar-refractivity contribution in [1.29, 1.82) is 0 Å². The number of aromatic nitrogens is 4. The Bertz CT molecular complexity index is 536. The first-order valence-electron chi connectivity index (χ1n) is 5.16. The second-order valence-electron chi connectivity index (χ2n) is 3.86. The van der Waals surface area contributed by atoms with Crippen LogP contribution in [0.25, 0.3) is 5.82 Å². The van der Waals surface area contributed by atoms with Gasteiger partial charge in [-0.1, -0.05) is 25.4 Å². The molecule has 2 aromatic rings. The van der Waals surface area contributed by atoms with Crippen molar-refractivity contribution >= 4 is 17.9 Å². The van der Waals surface area contributed by atoms with Crippen LogP contribution in [0.1, 0.15) is 35.8 Å². The molecule has 0 aliphatic carbocycles. The average molecular weight is 251 g/mol. The molecule has 0 fully saturated rings. The van der Waals surface area contributed by atoms with E-state index in [4.69, 9.17) is 11.6 Å². The molecule has 0 aliphatic rings. The number of nitrogens with zero attached hydrogens (tertiary/aromatic N) is 4. The van der Waals surface area contributed by atoms with E-state index >= 15 is 0 Å². The first-order valence-corrected chi connectivity index (χ1v) is 5.54. The van der Waals surface area contributed by atoms with Crippen molar-refractivity contribution in [3.63, 3.8) is 0 Å². The molecule has 2 rings (SSSR count). The molecule has 6 heteroatoms. The van der Waals surface area contributed by atoms with E-state index in [1.54, 1.807) is 18.3 Å². The van der Waals surface area contributed by atoms with Gasteiger partial charge < -0.3 is 0 Å². The highest BCUT2D eigenvalue weighted by Gasteiger charge is 2.19. The Balaban J connectivity index is 2.61. The minimum Gasteiger partial charge on any atom is -0.298 e. The molecule has 0 aliphatic heterocycles. The lowest BCUT2D eigenvalue weighted by molar-refractivity contribution is 0.112. The molecule has 0 aromatic carbocycles. The minimum atomic E-state index is 0.116. The number of hydrogen-bond donors (Lipinski definition) is 0. The molecule has 0 radical (unpaired) electrons. The number of rotatable bonds is 3. The summed E-state index contributed by atoms with van der Waals surface area (Å²) in [5, 5.41) is 12.2. The average Bonchev–Trinajstić information content (AvgIpc) is 2.67. The third-order valence-corrected chi connectivity index (χ3v) is 2.70. The van der Waals surface area contributed by atoms with E-state index in [0.717, 1.165) is 6.29 Å².